The molecule has 1 N–H and O–H groups in total. The molecule has 4 heteroatoms. The van der Waals surface area contributed by atoms with E-state index in [1.54, 1.807) is 11.8 Å². The zero-order valence-electron chi connectivity index (χ0n) is 8.34. The lowest BCUT2D eigenvalue weighted by Gasteiger charge is -2.02. The van der Waals surface area contributed by atoms with Crippen LogP contribution in [0.4, 0.5) is 0 Å². The van der Waals surface area contributed by atoms with Gasteiger partial charge < -0.3 is 10.1 Å². The summed E-state index contributed by atoms with van der Waals surface area (Å²) < 4.78 is 0. The van der Waals surface area contributed by atoms with Gasteiger partial charge in [-0.1, -0.05) is 5.92 Å². The second-order valence-corrected chi connectivity index (χ2v) is 3.91. The quantitative estimate of drug-likeness (QED) is 0.503. The zero-order chi connectivity index (χ0) is 10.8. The Morgan fingerprint density at radius 1 is 1.43 bits per heavy atom. The number of rotatable bonds is 7. The van der Waals surface area contributed by atoms with E-state index >= 15 is 0 Å². The molecule has 0 aliphatic carbocycles. The smallest absolute Gasteiger partial charge is 0.220 e. The van der Waals surface area contributed by atoms with Crippen LogP contribution in [-0.2, 0) is 9.59 Å². The number of thioether (sulfide) groups is 1. The predicted molar refractivity (Wildman–Crippen MR) is 59.1 cm³/mol. The number of nitrogens with one attached hydrogen (secondary N) is 1. The van der Waals surface area contributed by atoms with Crippen molar-refractivity contribution in [3.63, 3.8) is 0 Å². The molecule has 14 heavy (non-hydrogen) atoms. The zero-order valence-corrected chi connectivity index (χ0v) is 9.15. The summed E-state index contributed by atoms with van der Waals surface area (Å²) in [5.41, 5.74) is 0. The maximum absolute atomic E-state index is 11.1. The van der Waals surface area contributed by atoms with E-state index in [-0.39, 0.29) is 18.1 Å². The average Bonchev–Trinajstić information content (AvgIpc) is 2.14. The maximum Gasteiger partial charge on any atom is 0.220 e. The van der Waals surface area contributed by atoms with Crippen LogP contribution in [0.5, 0.6) is 0 Å². The van der Waals surface area contributed by atoms with Crippen molar-refractivity contribution in [1.82, 2.24) is 5.32 Å². The van der Waals surface area contributed by atoms with Crippen LogP contribution in [0.2, 0.25) is 0 Å². The minimum Gasteiger partial charge on any atom is -0.355 e. The van der Waals surface area contributed by atoms with Crippen LogP contribution in [-0.4, -0.2) is 29.7 Å². The van der Waals surface area contributed by atoms with Crippen LogP contribution in [0.1, 0.15) is 19.8 Å². The number of Topliss-reactive ketones (excluding diaryl/α,β-unsaturated/α-hetero) is 1. The van der Waals surface area contributed by atoms with Crippen LogP contribution in [0.15, 0.2) is 0 Å². The largest absolute Gasteiger partial charge is 0.355 e. The molecular weight excluding hydrogens is 198 g/mol. The molecule has 0 aromatic heterocycles. The first-order valence-electron chi connectivity index (χ1n) is 4.44. The number of hydrogen-bond acceptors (Lipinski definition) is 3. The van der Waals surface area contributed by atoms with Gasteiger partial charge in [-0.25, -0.2) is 0 Å². The van der Waals surface area contributed by atoms with E-state index in [4.69, 9.17) is 6.42 Å². The maximum atomic E-state index is 11.1. The number of terminal acetylenes is 1. The summed E-state index contributed by atoms with van der Waals surface area (Å²) in [6, 6.07) is 0. The third-order valence-corrected chi connectivity index (χ3v) is 2.32. The van der Waals surface area contributed by atoms with E-state index in [2.05, 4.69) is 11.2 Å². The van der Waals surface area contributed by atoms with Gasteiger partial charge in [-0.05, 0) is 6.92 Å². The first-order chi connectivity index (χ1) is 6.66. The SMILES string of the molecule is C#CCSCCNC(=O)CCC(C)=O. The summed E-state index contributed by atoms with van der Waals surface area (Å²) in [5.74, 6) is 3.96. The molecule has 0 unspecified atom stereocenters. The molecule has 0 spiro atoms. The molecule has 0 aromatic carbocycles. The first kappa shape index (κ1) is 13.1. The van der Waals surface area contributed by atoms with Crippen molar-refractivity contribution in [2.24, 2.45) is 0 Å². The fraction of sp³-hybridized carbons (Fsp3) is 0.600. The fourth-order valence-corrected chi connectivity index (χ4v) is 1.28. The van der Waals surface area contributed by atoms with Crippen LogP contribution in [0.25, 0.3) is 0 Å². The van der Waals surface area contributed by atoms with Crippen molar-refractivity contribution >= 4 is 23.5 Å². The van der Waals surface area contributed by atoms with Gasteiger partial charge in [0.25, 0.3) is 0 Å². The summed E-state index contributed by atoms with van der Waals surface area (Å²) in [7, 11) is 0. The second kappa shape index (κ2) is 8.64. The van der Waals surface area contributed by atoms with Crippen LogP contribution >= 0.6 is 11.8 Å². The van der Waals surface area contributed by atoms with Crippen molar-refractivity contribution in [3.8, 4) is 12.3 Å². The highest BCUT2D eigenvalue weighted by Gasteiger charge is 2.01. The Balaban J connectivity index is 3.28. The molecule has 0 heterocycles. The van der Waals surface area contributed by atoms with Gasteiger partial charge in [0.2, 0.25) is 5.91 Å². The molecule has 0 radical (unpaired) electrons. The van der Waals surface area contributed by atoms with Crippen molar-refractivity contribution in [3.05, 3.63) is 0 Å². The lowest BCUT2D eigenvalue weighted by molar-refractivity contribution is -0.124. The highest BCUT2D eigenvalue weighted by Crippen LogP contribution is 1.96. The minimum absolute atomic E-state index is 0.0434. The molecule has 3 nitrogen and oxygen atoms in total. The van der Waals surface area contributed by atoms with Crippen molar-refractivity contribution in [2.45, 2.75) is 19.8 Å². The Bertz CT molecular complexity index is 233. The predicted octanol–water partition coefficient (Wildman–Crippen LogP) is 0.838. The fourth-order valence-electron chi connectivity index (χ4n) is 0.772. The summed E-state index contributed by atoms with van der Waals surface area (Å²) in [5, 5.41) is 2.72. The van der Waals surface area contributed by atoms with E-state index in [9.17, 15) is 9.59 Å². The monoisotopic (exact) mass is 213 g/mol. The summed E-state index contributed by atoms with van der Waals surface area (Å²) in [6.07, 6.45) is 5.67. The average molecular weight is 213 g/mol. The van der Waals surface area contributed by atoms with Gasteiger partial charge in [-0.3, -0.25) is 4.79 Å². The molecule has 0 rings (SSSR count). The lowest BCUT2D eigenvalue weighted by Crippen LogP contribution is -2.25. The number of hydrogen-bond donors (Lipinski definition) is 1. The normalized spacial score (nSPS) is 9.14. The molecule has 0 atom stereocenters. The van der Waals surface area contributed by atoms with Gasteiger partial charge >= 0.3 is 0 Å². The first-order valence-corrected chi connectivity index (χ1v) is 5.59. The van der Waals surface area contributed by atoms with Crippen molar-refractivity contribution in [1.29, 1.82) is 0 Å². The standard InChI is InChI=1S/C10H15NO2S/c1-3-7-14-8-6-11-10(13)5-4-9(2)12/h1H,4-8H2,2H3,(H,11,13). The number of carbonyl (C=O) groups is 2. The van der Waals surface area contributed by atoms with Crippen molar-refractivity contribution < 1.29 is 9.59 Å². The highest BCUT2D eigenvalue weighted by atomic mass is 32.2. The van der Waals surface area contributed by atoms with E-state index in [1.165, 1.54) is 6.92 Å². The number of carbonyl (C=O) groups excluding carboxylic acids is 2. The van der Waals surface area contributed by atoms with Gasteiger partial charge in [0.1, 0.15) is 5.78 Å². The molecule has 0 saturated heterocycles. The van der Waals surface area contributed by atoms with Crippen LogP contribution < -0.4 is 5.32 Å². The van der Waals surface area contributed by atoms with E-state index < -0.39 is 0 Å². The molecule has 78 valence electrons. The van der Waals surface area contributed by atoms with Crippen LogP contribution in [0.3, 0.4) is 0 Å². The molecule has 0 saturated carbocycles. The number of amides is 1. The third kappa shape index (κ3) is 9.14. The Kier molecular flexibility index (Phi) is 8.05. The second-order valence-electron chi connectivity index (χ2n) is 2.81. The molecule has 1 amide bonds. The molecule has 0 aliphatic heterocycles. The summed E-state index contributed by atoms with van der Waals surface area (Å²) in [4.78, 5) is 21.6. The molecule has 0 fully saturated rings. The van der Waals surface area contributed by atoms with Gasteiger partial charge in [0.05, 0.1) is 5.75 Å². The summed E-state index contributed by atoms with van der Waals surface area (Å²) in [6.45, 7) is 2.10. The van der Waals surface area contributed by atoms with E-state index in [0.717, 1.165) is 5.75 Å². The van der Waals surface area contributed by atoms with Gasteiger partial charge in [0.15, 0.2) is 0 Å². The number of ketones is 1. The van der Waals surface area contributed by atoms with Gasteiger partial charge in [-0.15, -0.1) is 18.2 Å². The highest BCUT2D eigenvalue weighted by molar-refractivity contribution is 7.99. The Hall–Kier alpha value is -0.950. The molecule has 0 aromatic rings. The topological polar surface area (TPSA) is 46.2 Å². The van der Waals surface area contributed by atoms with Gasteiger partial charge in [-0.2, -0.15) is 0 Å². The van der Waals surface area contributed by atoms with E-state index in [1.807, 2.05) is 0 Å². The Labute approximate surface area is 89.0 Å². The molecular formula is C10H15NO2S. The van der Waals surface area contributed by atoms with Crippen molar-refractivity contribution in [2.75, 3.05) is 18.1 Å². The third-order valence-electron chi connectivity index (χ3n) is 1.46. The molecule has 0 bridgehead atoms. The van der Waals surface area contributed by atoms with E-state index in [0.29, 0.717) is 18.7 Å². The summed E-state index contributed by atoms with van der Waals surface area (Å²) >= 11 is 1.60. The van der Waals surface area contributed by atoms with Gasteiger partial charge in [0, 0.05) is 25.1 Å². The van der Waals surface area contributed by atoms with Crippen LogP contribution in [0, 0.1) is 12.3 Å². The Morgan fingerprint density at radius 3 is 2.71 bits per heavy atom. The minimum atomic E-state index is -0.0680. The lowest BCUT2D eigenvalue weighted by atomic mass is 10.2. The molecule has 0 aliphatic rings. The Morgan fingerprint density at radius 2 is 2.14 bits per heavy atom.